The van der Waals surface area contributed by atoms with Crippen LogP contribution < -0.4 is 5.43 Å². The van der Waals surface area contributed by atoms with Gasteiger partial charge in [0.25, 0.3) is 0 Å². The van der Waals surface area contributed by atoms with E-state index in [2.05, 4.69) is 0 Å². The topological polar surface area (TPSA) is 87.7 Å². The maximum Gasteiger partial charge on any atom is 0.204 e. The molecule has 0 radical (unpaired) electrons. The van der Waals surface area contributed by atoms with E-state index >= 15 is 0 Å². The Labute approximate surface area is 106 Å². The van der Waals surface area contributed by atoms with Crippen LogP contribution in [-0.4, -0.2) is 16.5 Å². The summed E-state index contributed by atoms with van der Waals surface area (Å²) in [6.07, 6.45) is 0.458. The fourth-order valence-electron chi connectivity index (χ4n) is 2.06. The molecule has 2 aromatic carbocycles. The normalized spacial score (nSPS) is 10.9. The molecule has 5 nitrogen and oxygen atoms in total. The van der Waals surface area contributed by atoms with E-state index in [0.717, 1.165) is 6.07 Å². The number of carbonyl (C=O) groups excluding carboxylic acids is 1. The molecule has 0 saturated heterocycles. The van der Waals surface area contributed by atoms with E-state index in [1.165, 1.54) is 0 Å². The first kappa shape index (κ1) is 11.3. The fourth-order valence-corrected chi connectivity index (χ4v) is 2.06. The lowest BCUT2D eigenvalue weighted by molar-refractivity contribution is 0.112. The van der Waals surface area contributed by atoms with Gasteiger partial charge in [0, 0.05) is 0 Å². The van der Waals surface area contributed by atoms with Crippen molar-refractivity contribution in [2.45, 2.75) is 0 Å². The fraction of sp³-hybridized carbons (Fsp3) is 0. The van der Waals surface area contributed by atoms with Gasteiger partial charge in [-0.05, 0) is 18.2 Å². The minimum absolute atomic E-state index is 0.00755. The van der Waals surface area contributed by atoms with Gasteiger partial charge in [-0.3, -0.25) is 9.59 Å². The minimum atomic E-state index is -0.583. The molecule has 3 rings (SSSR count). The molecule has 0 amide bonds. The second kappa shape index (κ2) is 3.84. The van der Waals surface area contributed by atoms with Crippen LogP contribution in [-0.2, 0) is 0 Å². The molecule has 0 bridgehead atoms. The van der Waals surface area contributed by atoms with Crippen molar-refractivity contribution in [1.82, 2.24) is 0 Å². The highest BCUT2D eigenvalue weighted by atomic mass is 16.3. The zero-order chi connectivity index (χ0) is 13.6. The molecule has 2 N–H and O–H groups in total. The third-order valence-corrected chi connectivity index (χ3v) is 2.96. The molecular weight excluding hydrogens is 248 g/mol. The van der Waals surface area contributed by atoms with Crippen molar-refractivity contribution in [3.8, 4) is 11.5 Å². The first-order chi connectivity index (χ1) is 9.13. The summed E-state index contributed by atoms with van der Waals surface area (Å²) >= 11 is 0. The van der Waals surface area contributed by atoms with Crippen LogP contribution in [0.5, 0.6) is 11.5 Å². The van der Waals surface area contributed by atoms with Gasteiger partial charge in [0.15, 0.2) is 23.4 Å². The molecule has 94 valence electrons. The average molecular weight is 256 g/mol. The third-order valence-electron chi connectivity index (χ3n) is 2.96. The maximum atomic E-state index is 12.3. The van der Waals surface area contributed by atoms with Crippen molar-refractivity contribution in [2.75, 3.05) is 0 Å². The molecule has 0 aliphatic carbocycles. The molecule has 0 spiro atoms. The Hall–Kier alpha value is -2.82. The molecule has 1 aromatic heterocycles. The number of rotatable bonds is 1. The van der Waals surface area contributed by atoms with Crippen LogP contribution in [0.2, 0.25) is 0 Å². The second-order valence-electron chi connectivity index (χ2n) is 4.08. The Morgan fingerprint density at radius 2 is 1.89 bits per heavy atom. The lowest BCUT2D eigenvalue weighted by atomic mass is 10.1. The smallest absolute Gasteiger partial charge is 0.204 e. The van der Waals surface area contributed by atoms with Gasteiger partial charge in [0.05, 0.1) is 10.9 Å². The van der Waals surface area contributed by atoms with Crippen LogP contribution in [0.25, 0.3) is 21.9 Å². The highest BCUT2D eigenvalue weighted by Gasteiger charge is 2.17. The van der Waals surface area contributed by atoms with Crippen molar-refractivity contribution in [1.29, 1.82) is 0 Å². The minimum Gasteiger partial charge on any atom is -0.504 e. The van der Waals surface area contributed by atoms with E-state index in [-0.39, 0.29) is 21.9 Å². The summed E-state index contributed by atoms with van der Waals surface area (Å²) in [5, 5.41) is 19.4. The summed E-state index contributed by atoms with van der Waals surface area (Å²) < 4.78 is 5.48. The summed E-state index contributed by atoms with van der Waals surface area (Å²) in [4.78, 5) is 23.3. The van der Waals surface area contributed by atoms with E-state index in [1.807, 2.05) is 0 Å². The molecule has 0 atom stereocenters. The molecule has 3 aromatic rings. The van der Waals surface area contributed by atoms with Crippen molar-refractivity contribution in [2.24, 2.45) is 0 Å². The van der Waals surface area contributed by atoms with Crippen LogP contribution >= 0.6 is 0 Å². The van der Waals surface area contributed by atoms with Gasteiger partial charge in [-0.1, -0.05) is 12.1 Å². The largest absolute Gasteiger partial charge is 0.504 e. The quantitative estimate of drug-likeness (QED) is 0.396. The first-order valence-corrected chi connectivity index (χ1v) is 5.49. The average Bonchev–Trinajstić information content (AvgIpc) is 2.43. The van der Waals surface area contributed by atoms with E-state index < -0.39 is 16.9 Å². The Kier molecular flexibility index (Phi) is 2.28. The van der Waals surface area contributed by atoms with Crippen LogP contribution in [0.1, 0.15) is 10.4 Å². The van der Waals surface area contributed by atoms with E-state index in [0.29, 0.717) is 11.9 Å². The number of hydrogen-bond donors (Lipinski definition) is 2. The summed E-state index contributed by atoms with van der Waals surface area (Å²) in [6.45, 7) is 0. The van der Waals surface area contributed by atoms with Gasteiger partial charge in [-0.25, -0.2) is 0 Å². The summed E-state index contributed by atoms with van der Waals surface area (Å²) in [5.74, 6) is -1.11. The van der Waals surface area contributed by atoms with Gasteiger partial charge in [0.1, 0.15) is 11.0 Å². The number of phenolic OH excluding ortho intramolecular Hbond substituents is 2. The molecule has 0 aliphatic rings. The zero-order valence-corrected chi connectivity index (χ0v) is 9.58. The van der Waals surface area contributed by atoms with Gasteiger partial charge in [-0.2, -0.15) is 0 Å². The van der Waals surface area contributed by atoms with Gasteiger partial charge in [-0.15, -0.1) is 0 Å². The Bertz CT molecular complexity index is 876. The summed E-state index contributed by atoms with van der Waals surface area (Å²) in [5.41, 5.74) is -0.205. The predicted molar refractivity (Wildman–Crippen MR) is 68.7 cm³/mol. The summed E-state index contributed by atoms with van der Waals surface area (Å²) in [7, 11) is 0. The molecule has 0 unspecified atom stereocenters. The van der Waals surface area contributed by atoms with Crippen molar-refractivity contribution in [3.05, 3.63) is 46.1 Å². The standard InChI is InChI=1S/C14H8O5/c15-6-7-5-9(16)13(18)11-12(17)8-3-1-2-4-10(8)19-14(7)11/h1-6,16,18H. The molecule has 1 heterocycles. The van der Waals surface area contributed by atoms with E-state index in [9.17, 15) is 19.8 Å². The Morgan fingerprint density at radius 1 is 1.16 bits per heavy atom. The Morgan fingerprint density at radius 3 is 2.63 bits per heavy atom. The molecule has 5 heteroatoms. The Balaban J connectivity index is 2.69. The van der Waals surface area contributed by atoms with Crippen LogP contribution in [0, 0.1) is 0 Å². The number of hydrogen-bond acceptors (Lipinski definition) is 5. The molecule has 0 fully saturated rings. The molecule has 0 saturated carbocycles. The van der Waals surface area contributed by atoms with Gasteiger partial charge < -0.3 is 14.6 Å². The van der Waals surface area contributed by atoms with Crippen molar-refractivity contribution < 1.29 is 19.4 Å². The highest BCUT2D eigenvalue weighted by Crippen LogP contribution is 2.35. The molecule has 19 heavy (non-hydrogen) atoms. The molecule has 0 aliphatic heterocycles. The lowest BCUT2D eigenvalue weighted by Gasteiger charge is -2.06. The monoisotopic (exact) mass is 256 g/mol. The SMILES string of the molecule is O=Cc1cc(O)c(O)c2c(=O)c3ccccc3oc12. The van der Waals surface area contributed by atoms with E-state index in [1.54, 1.807) is 24.3 Å². The van der Waals surface area contributed by atoms with E-state index in [4.69, 9.17) is 4.42 Å². The predicted octanol–water partition coefficient (Wildman–Crippen LogP) is 2.17. The van der Waals surface area contributed by atoms with Crippen LogP contribution in [0.4, 0.5) is 0 Å². The highest BCUT2D eigenvalue weighted by molar-refractivity contribution is 6.02. The number of para-hydroxylation sites is 1. The van der Waals surface area contributed by atoms with Crippen LogP contribution in [0.3, 0.4) is 0 Å². The second-order valence-corrected chi connectivity index (χ2v) is 4.08. The number of carbonyl (C=O) groups is 1. The number of aldehydes is 1. The number of fused-ring (bicyclic) bond motifs is 2. The first-order valence-electron chi connectivity index (χ1n) is 5.49. The number of benzene rings is 2. The number of aromatic hydroxyl groups is 2. The van der Waals surface area contributed by atoms with Crippen LogP contribution in [0.15, 0.2) is 39.5 Å². The van der Waals surface area contributed by atoms with Crippen molar-refractivity contribution >= 4 is 28.2 Å². The van der Waals surface area contributed by atoms with Gasteiger partial charge >= 0.3 is 0 Å². The van der Waals surface area contributed by atoms with Crippen molar-refractivity contribution in [3.63, 3.8) is 0 Å². The number of phenols is 2. The van der Waals surface area contributed by atoms with Gasteiger partial charge in [0.2, 0.25) is 5.43 Å². The molecular formula is C14H8O5. The third kappa shape index (κ3) is 1.48. The lowest BCUT2D eigenvalue weighted by Crippen LogP contribution is -2.03. The zero-order valence-electron chi connectivity index (χ0n) is 9.58. The maximum absolute atomic E-state index is 12.3. The summed E-state index contributed by atoms with van der Waals surface area (Å²) in [6, 6.07) is 7.55.